The molecule has 1 heterocycles. The Morgan fingerprint density at radius 3 is 2.30 bits per heavy atom. The molecule has 0 bridgehead atoms. The minimum absolute atomic E-state index is 0.367. The Hall–Kier alpha value is -2.38. The normalized spacial score (nSPS) is 15.0. The minimum Gasteiger partial charge on any atom is -0.459 e. The number of carbonyl (C=O) groups excluding carboxylic acids is 3. The molecule has 0 fully saturated rings. The summed E-state index contributed by atoms with van der Waals surface area (Å²) in [6, 6.07) is 2.93. The molecule has 0 N–H and O–H groups in total. The molecule has 8 heteroatoms. The molecular weight excluding hydrogens is 315 g/mol. The van der Waals surface area contributed by atoms with Crippen LogP contribution in [0.1, 0.15) is 36.7 Å². The molecule has 0 radical (unpaired) electrons. The van der Waals surface area contributed by atoms with Crippen LogP contribution in [0.15, 0.2) is 18.2 Å². The van der Waals surface area contributed by atoms with Gasteiger partial charge in [-0.05, 0) is 32.9 Å². The lowest BCUT2D eigenvalue weighted by Gasteiger charge is -2.23. The fourth-order valence-electron chi connectivity index (χ4n) is 2.24. The molecule has 5 nitrogen and oxygen atoms in total. The number of fused-ring (bicyclic) bond motifs is 1. The molecule has 0 spiro atoms. The number of rotatable bonds is 2. The number of carbonyl (C=O) groups is 3. The number of ketones is 1. The van der Waals surface area contributed by atoms with Crippen molar-refractivity contribution < 1.29 is 32.3 Å². The van der Waals surface area contributed by atoms with Crippen molar-refractivity contribution in [1.82, 2.24) is 0 Å². The summed E-state index contributed by atoms with van der Waals surface area (Å²) in [6.45, 7) is 3.98. The van der Waals surface area contributed by atoms with Gasteiger partial charge in [-0.3, -0.25) is 19.3 Å². The topological polar surface area (TPSA) is 63.7 Å². The first kappa shape index (κ1) is 17.0. The number of ether oxygens (including phenoxy) is 1. The van der Waals surface area contributed by atoms with Crippen LogP contribution in [0.25, 0.3) is 0 Å². The van der Waals surface area contributed by atoms with Crippen molar-refractivity contribution in [2.75, 3.05) is 11.4 Å². The smallest absolute Gasteiger partial charge is 0.418 e. The van der Waals surface area contributed by atoms with Crippen LogP contribution >= 0.6 is 0 Å². The van der Waals surface area contributed by atoms with Gasteiger partial charge in [0.15, 0.2) is 0 Å². The molecule has 23 heavy (non-hydrogen) atoms. The third-order valence-electron chi connectivity index (χ3n) is 3.00. The predicted molar refractivity (Wildman–Crippen MR) is 74.0 cm³/mol. The number of anilines is 1. The van der Waals surface area contributed by atoms with E-state index >= 15 is 0 Å². The van der Waals surface area contributed by atoms with Gasteiger partial charge in [0.05, 0.1) is 16.8 Å². The van der Waals surface area contributed by atoms with E-state index in [2.05, 4.69) is 0 Å². The van der Waals surface area contributed by atoms with Crippen molar-refractivity contribution in [3.05, 3.63) is 29.3 Å². The highest BCUT2D eigenvalue weighted by atomic mass is 19.4. The zero-order valence-electron chi connectivity index (χ0n) is 12.7. The summed E-state index contributed by atoms with van der Waals surface area (Å²) in [4.78, 5) is 36.1. The third kappa shape index (κ3) is 3.35. The van der Waals surface area contributed by atoms with Crippen molar-refractivity contribution in [2.24, 2.45) is 0 Å². The number of amides is 1. The summed E-state index contributed by atoms with van der Waals surface area (Å²) in [6.07, 6.45) is -4.76. The number of hydrogen-bond donors (Lipinski definition) is 0. The second-order valence-corrected chi connectivity index (χ2v) is 6.01. The zero-order chi connectivity index (χ0) is 17.6. The Labute approximate surface area is 130 Å². The van der Waals surface area contributed by atoms with E-state index in [1.54, 1.807) is 20.8 Å². The van der Waals surface area contributed by atoms with E-state index in [1.807, 2.05) is 0 Å². The summed E-state index contributed by atoms with van der Waals surface area (Å²) >= 11 is 0. The molecule has 0 aromatic heterocycles. The van der Waals surface area contributed by atoms with Gasteiger partial charge in [-0.2, -0.15) is 13.2 Å². The molecular formula is C15H14F3NO4. The molecule has 1 aromatic carbocycles. The zero-order valence-corrected chi connectivity index (χ0v) is 12.7. The van der Waals surface area contributed by atoms with Crippen molar-refractivity contribution in [3.8, 4) is 0 Å². The summed E-state index contributed by atoms with van der Waals surface area (Å²) in [5.41, 5.74) is -2.97. The van der Waals surface area contributed by atoms with Gasteiger partial charge in [0.1, 0.15) is 12.1 Å². The van der Waals surface area contributed by atoms with Crippen LogP contribution in [0.2, 0.25) is 0 Å². The quantitative estimate of drug-likeness (QED) is 0.618. The Morgan fingerprint density at radius 2 is 1.78 bits per heavy atom. The SMILES string of the molecule is CC(C)(C)OC(=O)CN1C(=O)C(=O)c2cccc(C(F)(F)F)c21. The average Bonchev–Trinajstić information content (AvgIpc) is 2.61. The molecule has 124 valence electrons. The van der Waals surface area contributed by atoms with E-state index in [9.17, 15) is 27.6 Å². The van der Waals surface area contributed by atoms with Crippen molar-refractivity contribution in [1.29, 1.82) is 0 Å². The number of nitrogens with zero attached hydrogens (tertiary/aromatic N) is 1. The fourth-order valence-corrected chi connectivity index (χ4v) is 2.24. The lowest BCUT2D eigenvalue weighted by Crippen LogP contribution is -2.38. The molecule has 1 aromatic rings. The number of alkyl halides is 3. The number of benzene rings is 1. The summed E-state index contributed by atoms with van der Waals surface area (Å²) in [5.74, 6) is -3.15. The molecule has 1 aliphatic heterocycles. The molecule has 0 saturated carbocycles. The number of halogens is 3. The highest BCUT2D eigenvalue weighted by Crippen LogP contribution is 2.41. The van der Waals surface area contributed by atoms with E-state index in [-0.39, 0.29) is 5.56 Å². The van der Waals surface area contributed by atoms with E-state index in [1.165, 1.54) is 0 Å². The van der Waals surface area contributed by atoms with E-state index in [4.69, 9.17) is 4.74 Å². The Bertz CT molecular complexity index is 689. The first-order valence-electron chi connectivity index (χ1n) is 6.70. The number of esters is 1. The highest BCUT2D eigenvalue weighted by molar-refractivity contribution is 6.52. The van der Waals surface area contributed by atoms with Gasteiger partial charge >= 0.3 is 12.1 Å². The van der Waals surface area contributed by atoms with Gasteiger partial charge < -0.3 is 4.74 Å². The van der Waals surface area contributed by atoms with Gasteiger partial charge in [-0.1, -0.05) is 6.07 Å². The minimum atomic E-state index is -4.76. The summed E-state index contributed by atoms with van der Waals surface area (Å²) in [5, 5.41) is 0. The maximum absolute atomic E-state index is 13.1. The molecule has 2 rings (SSSR count). The Kier molecular flexibility index (Phi) is 3.96. The van der Waals surface area contributed by atoms with Crippen LogP contribution < -0.4 is 4.90 Å². The fraction of sp³-hybridized carbons (Fsp3) is 0.400. The second-order valence-electron chi connectivity index (χ2n) is 6.01. The number of hydrogen-bond acceptors (Lipinski definition) is 4. The maximum Gasteiger partial charge on any atom is 0.418 e. The van der Waals surface area contributed by atoms with Crippen LogP contribution in [-0.2, 0) is 20.5 Å². The average molecular weight is 329 g/mol. The first-order chi connectivity index (χ1) is 10.4. The van der Waals surface area contributed by atoms with Gasteiger partial charge in [0, 0.05) is 0 Å². The molecule has 0 unspecified atom stereocenters. The van der Waals surface area contributed by atoms with Gasteiger partial charge in [0.2, 0.25) is 0 Å². The van der Waals surface area contributed by atoms with Crippen molar-refractivity contribution >= 4 is 23.3 Å². The lowest BCUT2D eigenvalue weighted by molar-refractivity contribution is -0.153. The van der Waals surface area contributed by atoms with E-state index < -0.39 is 47.2 Å². The van der Waals surface area contributed by atoms with Crippen LogP contribution in [0.3, 0.4) is 0 Å². The number of Topliss-reactive ketones (excluding diaryl/α,β-unsaturated/α-hetero) is 1. The van der Waals surface area contributed by atoms with Crippen LogP contribution in [0, 0.1) is 0 Å². The van der Waals surface area contributed by atoms with Gasteiger partial charge in [-0.15, -0.1) is 0 Å². The lowest BCUT2D eigenvalue weighted by atomic mass is 10.1. The largest absolute Gasteiger partial charge is 0.459 e. The maximum atomic E-state index is 13.1. The number of para-hydroxylation sites is 1. The van der Waals surface area contributed by atoms with Crippen LogP contribution in [0.5, 0.6) is 0 Å². The van der Waals surface area contributed by atoms with Crippen LogP contribution in [0.4, 0.5) is 18.9 Å². The molecule has 1 aliphatic rings. The second kappa shape index (κ2) is 5.36. The van der Waals surface area contributed by atoms with Crippen molar-refractivity contribution in [2.45, 2.75) is 32.5 Å². The molecule has 1 amide bonds. The Morgan fingerprint density at radius 1 is 1.17 bits per heavy atom. The summed E-state index contributed by atoms with van der Waals surface area (Å²) < 4.78 is 44.3. The van der Waals surface area contributed by atoms with Crippen LogP contribution in [-0.4, -0.2) is 29.8 Å². The van der Waals surface area contributed by atoms with Gasteiger partial charge in [-0.25, -0.2) is 0 Å². The summed E-state index contributed by atoms with van der Waals surface area (Å²) in [7, 11) is 0. The molecule has 0 atom stereocenters. The first-order valence-corrected chi connectivity index (χ1v) is 6.70. The molecule has 0 aliphatic carbocycles. The third-order valence-corrected chi connectivity index (χ3v) is 3.00. The van der Waals surface area contributed by atoms with Crippen molar-refractivity contribution in [3.63, 3.8) is 0 Å². The van der Waals surface area contributed by atoms with E-state index in [0.717, 1.165) is 18.2 Å². The standard InChI is InChI=1S/C15H14F3NO4/c1-14(2,3)23-10(20)7-19-11-8(12(21)13(19)22)5-4-6-9(11)15(16,17)18/h4-6H,7H2,1-3H3. The Balaban J connectivity index is 2.44. The highest BCUT2D eigenvalue weighted by Gasteiger charge is 2.45. The molecule has 0 saturated heterocycles. The monoisotopic (exact) mass is 329 g/mol. The van der Waals surface area contributed by atoms with Gasteiger partial charge in [0.25, 0.3) is 11.7 Å². The van der Waals surface area contributed by atoms with E-state index in [0.29, 0.717) is 4.90 Å². The predicted octanol–water partition coefficient (Wildman–Crippen LogP) is 2.58.